The first-order valence-electron chi connectivity index (χ1n) is 5.82. The molecule has 0 heterocycles. The molecule has 0 aliphatic carbocycles. The zero-order valence-corrected chi connectivity index (χ0v) is 12.3. The third-order valence-corrected chi connectivity index (χ3v) is 3.89. The van der Waals surface area contributed by atoms with Crippen molar-refractivity contribution in [1.82, 2.24) is 4.72 Å². The van der Waals surface area contributed by atoms with Crippen molar-refractivity contribution in [2.45, 2.75) is 31.2 Å². The normalized spacial score (nSPS) is 12.0. The number of halogens is 1. The van der Waals surface area contributed by atoms with E-state index in [1.165, 1.54) is 6.07 Å². The Morgan fingerprint density at radius 2 is 1.95 bits per heavy atom. The first kappa shape index (κ1) is 16.3. The molecule has 0 aliphatic heterocycles. The van der Waals surface area contributed by atoms with Crippen LogP contribution in [0.25, 0.3) is 0 Å². The first-order valence-corrected chi connectivity index (χ1v) is 7.30. The Balaban J connectivity index is 3.20. The predicted octanol–water partition coefficient (Wildman–Crippen LogP) is 2.03. The summed E-state index contributed by atoms with van der Waals surface area (Å²) in [4.78, 5) is 10.6. The number of hydrogen-bond donors (Lipinski definition) is 2. The lowest BCUT2D eigenvalue weighted by Crippen LogP contribution is -2.40. The molecule has 110 valence electrons. The van der Waals surface area contributed by atoms with Gasteiger partial charge in [0.1, 0.15) is 10.7 Å². The minimum absolute atomic E-state index is 0.172. The minimum Gasteiger partial charge on any atom is -0.322 e. The average Bonchev–Trinajstić information content (AvgIpc) is 2.28. The number of hydrogen-bond acceptors (Lipinski definition) is 3. The van der Waals surface area contributed by atoms with E-state index in [0.29, 0.717) is 0 Å². The van der Waals surface area contributed by atoms with Gasteiger partial charge in [-0.2, -0.15) is 0 Å². The highest BCUT2D eigenvalue weighted by Crippen LogP contribution is 2.21. The van der Waals surface area contributed by atoms with E-state index >= 15 is 0 Å². The highest BCUT2D eigenvalue weighted by Gasteiger charge is 2.25. The fourth-order valence-corrected chi connectivity index (χ4v) is 2.96. The fraction of sp³-hybridized carbons (Fsp3) is 0.308. The summed E-state index contributed by atoms with van der Waals surface area (Å²) in [6.45, 7) is 8.21. The van der Waals surface area contributed by atoms with Crippen LogP contribution in [-0.2, 0) is 14.8 Å². The molecule has 0 radical (unpaired) electrons. The van der Waals surface area contributed by atoms with Gasteiger partial charge in [-0.1, -0.05) is 6.58 Å². The first-order chi connectivity index (χ1) is 9.05. The van der Waals surface area contributed by atoms with Gasteiger partial charge in [0.05, 0.1) is 0 Å². The highest BCUT2D eigenvalue weighted by molar-refractivity contribution is 7.89. The summed E-state index contributed by atoms with van der Waals surface area (Å²) in [5.74, 6) is -1.40. The molecule has 1 amide bonds. The molecule has 0 aliphatic rings. The Labute approximate surface area is 117 Å². The molecular formula is C13H17FN2O3S. The van der Waals surface area contributed by atoms with E-state index in [1.807, 2.05) is 0 Å². The van der Waals surface area contributed by atoms with Crippen molar-refractivity contribution < 1.29 is 17.6 Å². The topological polar surface area (TPSA) is 75.3 Å². The number of amides is 1. The Morgan fingerprint density at radius 1 is 1.35 bits per heavy atom. The van der Waals surface area contributed by atoms with Crippen LogP contribution in [0.15, 0.2) is 35.7 Å². The Bertz CT molecular complexity index is 634. The third-order valence-electron chi connectivity index (χ3n) is 2.11. The van der Waals surface area contributed by atoms with Crippen LogP contribution in [0.1, 0.15) is 20.8 Å². The number of sulfonamides is 1. The summed E-state index contributed by atoms with van der Waals surface area (Å²) in [5.41, 5.74) is -0.573. The molecule has 20 heavy (non-hydrogen) atoms. The van der Waals surface area contributed by atoms with Gasteiger partial charge in [0.25, 0.3) is 0 Å². The number of anilines is 1. The molecule has 0 aromatic heterocycles. The predicted molar refractivity (Wildman–Crippen MR) is 75.3 cm³/mol. The fourth-order valence-electron chi connectivity index (χ4n) is 1.44. The Kier molecular flexibility index (Phi) is 4.67. The quantitative estimate of drug-likeness (QED) is 0.835. The molecular weight excluding hydrogens is 283 g/mol. The van der Waals surface area contributed by atoms with Crippen LogP contribution in [0, 0.1) is 5.82 Å². The van der Waals surface area contributed by atoms with Crippen molar-refractivity contribution in [3.8, 4) is 0 Å². The SMILES string of the molecule is C=CC(=O)Nc1ccc(F)c(S(=O)(=O)NC(C)(C)C)c1. The van der Waals surface area contributed by atoms with Crippen LogP contribution >= 0.6 is 0 Å². The molecule has 0 fully saturated rings. The van der Waals surface area contributed by atoms with Gasteiger partial charge in [0.2, 0.25) is 15.9 Å². The van der Waals surface area contributed by atoms with E-state index in [4.69, 9.17) is 0 Å². The van der Waals surface area contributed by atoms with Crippen molar-refractivity contribution in [2.24, 2.45) is 0 Å². The Morgan fingerprint density at radius 3 is 2.45 bits per heavy atom. The number of carbonyl (C=O) groups excluding carboxylic acids is 1. The molecule has 0 saturated carbocycles. The van der Waals surface area contributed by atoms with Gasteiger partial charge in [-0.25, -0.2) is 17.5 Å². The van der Waals surface area contributed by atoms with E-state index in [-0.39, 0.29) is 5.69 Å². The molecule has 1 aromatic rings. The second-order valence-corrected chi connectivity index (χ2v) is 6.84. The molecule has 1 aromatic carbocycles. The van der Waals surface area contributed by atoms with Crippen molar-refractivity contribution in [2.75, 3.05) is 5.32 Å². The number of benzene rings is 1. The largest absolute Gasteiger partial charge is 0.322 e. The van der Waals surface area contributed by atoms with E-state index in [1.54, 1.807) is 20.8 Å². The summed E-state index contributed by atoms with van der Waals surface area (Å²) in [5, 5.41) is 2.38. The standard InChI is InChI=1S/C13H17FN2O3S/c1-5-12(17)15-9-6-7-10(14)11(8-9)20(18,19)16-13(2,3)4/h5-8,16H,1H2,2-4H3,(H,15,17). The van der Waals surface area contributed by atoms with Crippen molar-refractivity contribution in [3.63, 3.8) is 0 Å². The van der Waals surface area contributed by atoms with Crippen LogP contribution < -0.4 is 10.0 Å². The van der Waals surface area contributed by atoms with Gasteiger partial charge in [0.15, 0.2) is 0 Å². The van der Waals surface area contributed by atoms with E-state index in [9.17, 15) is 17.6 Å². The van der Waals surface area contributed by atoms with Crippen LogP contribution in [0.3, 0.4) is 0 Å². The summed E-state index contributed by atoms with van der Waals surface area (Å²) in [6, 6.07) is 3.31. The molecule has 7 heteroatoms. The lowest BCUT2D eigenvalue weighted by Gasteiger charge is -2.20. The molecule has 0 unspecified atom stereocenters. The van der Waals surface area contributed by atoms with Crippen molar-refractivity contribution >= 4 is 21.6 Å². The second kappa shape index (κ2) is 5.72. The van der Waals surface area contributed by atoms with Crippen LogP contribution in [0.2, 0.25) is 0 Å². The van der Waals surface area contributed by atoms with Gasteiger partial charge in [-0.05, 0) is 45.0 Å². The monoisotopic (exact) mass is 300 g/mol. The zero-order chi connectivity index (χ0) is 15.6. The lowest BCUT2D eigenvalue weighted by atomic mass is 10.1. The average molecular weight is 300 g/mol. The second-order valence-electron chi connectivity index (χ2n) is 5.19. The van der Waals surface area contributed by atoms with Gasteiger partial charge in [-0.15, -0.1) is 0 Å². The van der Waals surface area contributed by atoms with Crippen LogP contribution in [0.4, 0.5) is 10.1 Å². The molecule has 2 N–H and O–H groups in total. The van der Waals surface area contributed by atoms with Gasteiger partial charge < -0.3 is 5.32 Å². The molecule has 0 saturated heterocycles. The molecule has 0 atom stereocenters. The maximum absolute atomic E-state index is 13.7. The number of nitrogens with one attached hydrogen (secondary N) is 2. The van der Waals surface area contributed by atoms with E-state index in [0.717, 1.165) is 18.2 Å². The zero-order valence-electron chi connectivity index (χ0n) is 11.5. The highest BCUT2D eigenvalue weighted by atomic mass is 32.2. The van der Waals surface area contributed by atoms with Crippen molar-refractivity contribution in [1.29, 1.82) is 0 Å². The molecule has 5 nitrogen and oxygen atoms in total. The molecule has 0 bridgehead atoms. The van der Waals surface area contributed by atoms with Gasteiger partial charge in [0, 0.05) is 11.2 Å². The molecule has 1 rings (SSSR count). The maximum atomic E-state index is 13.7. The lowest BCUT2D eigenvalue weighted by molar-refractivity contribution is -0.111. The van der Waals surface area contributed by atoms with Gasteiger partial charge in [-0.3, -0.25) is 4.79 Å². The number of rotatable bonds is 4. The third kappa shape index (κ3) is 4.43. The maximum Gasteiger partial charge on any atom is 0.247 e. The summed E-state index contributed by atoms with van der Waals surface area (Å²) in [7, 11) is -4.02. The van der Waals surface area contributed by atoms with Crippen molar-refractivity contribution in [3.05, 3.63) is 36.7 Å². The summed E-state index contributed by atoms with van der Waals surface area (Å²) in [6.07, 6.45) is 1.03. The molecule has 0 spiro atoms. The van der Waals surface area contributed by atoms with Crippen LogP contribution in [0.5, 0.6) is 0 Å². The summed E-state index contributed by atoms with van der Waals surface area (Å²) >= 11 is 0. The summed E-state index contributed by atoms with van der Waals surface area (Å²) < 4.78 is 40.2. The number of carbonyl (C=O) groups is 1. The smallest absolute Gasteiger partial charge is 0.247 e. The van der Waals surface area contributed by atoms with Crippen LogP contribution in [-0.4, -0.2) is 19.9 Å². The van der Waals surface area contributed by atoms with Gasteiger partial charge >= 0.3 is 0 Å². The minimum atomic E-state index is -4.02. The van der Waals surface area contributed by atoms with E-state index in [2.05, 4.69) is 16.6 Å². The Hall–Kier alpha value is -1.73. The van der Waals surface area contributed by atoms with E-state index < -0.39 is 32.2 Å².